The summed E-state index contributed by atoms with van der Waals surface area (Å²) in [7, 11) is 0. The van der Waals surface area contributed by atoms with E-state index in [1.807, 2.05) is 0 Å². The minimum absolute atomic E-state index is 0.131. The van der Waals surface area contributed by atoms with E-state index in [0.717, 1.165) is 0 Å². The molecule has 0 aliphatic rings. The summed E-state index contributed by atoms with van der Waals surface area (Å²) in [5.74, 6) is 1.77. The normalized spacial score (nSPS) is 11.4. The van der Waals surface area contributed by atoms with E-state index in [1.165, 1.54) is 6.92 Å². The number of amides is 1. The molecule has 0 heterocycles. The van der Waals surface area contributed by atoms with Crippen molar-refractivity contribution in [3.63, 3.8) is 0 Å². The molecule has 0 aromatic rings. The first-order valence-electron chi connectivity index (χ1n) is 3.55. The highest BCUT2D eigenvalue weighted by Crippen LogP contribution is 1.91. The van der Waals surface area contributed by atoms with Crippen molar-refractivity contribution in [2.75, 3.05) is 6.54 Å². The molecule has 0 saturated heterocycles. The zero-order chi connectivity index (χ0) is 9.56. The summed E-state index contributed by atoms with van der Waals surface area (Å²) in [6, 6.07) is -0.592. The molecule has 1 amide bonds. The van der Waals surface area contributed by atoms with Crippen molar-refractivity contribution in [2.24, 2.45) is 5.73 Å². The van der Waals surface area contributed by atoms with Crippen molar-refractivity contribution < 1.29 is 9.59 Å². The zero-order valence-corrected chi connectivity index (χ0v) is 6.96. The number of rotatable bonds is 4. The highest BCUT2D eigenvalue weighted by atomic mass is 16.2. The number of nitrogens with one attached hydrogen (secondary N) is 1. The molecule has 0 aromatic carbocycles. The number of carbonyl (C=O) groups excluding carboxylic acids is 2. The van der Waals surface area contributed by atoms with Crippen LogP contribution in [0.15, 0.2) is 0 Å². The van der Waals surface area contributed by atoms with E-state index in [9.17, 15) is 9.59 Å². The Morgan fingerprint density at radius 3 is 2.58 bits per heavy atom. The van der Waals surface area contributed by atoms with E-state index in [-0.39, 0.29) is 24.7 Å². The van der Waals surface area contributed by atoms with Crippen LogP contribution in [-0.2, 0) is 9.59 Å². The van der Waals surface area contributed by atoms with Crippen LogP contribution in [0.2, 0.25) is 0 Å². The topological polar surface area (TPSA) is 72.2 Å². The molecule has 1 atom stereocenters. The largest absolute Gasteiger partial charge is 0.344 e. The molecule has 66 valence electrons. The molecular formula is C8H12N2O2. The highest BCUT2D eigenvalue weighted by Gasteiger charge is 2.14. The molecule has 0 spiro atoms. The fraction of sp³-hybridized carbons (Fsp3) is 0.500. The Morgan fingerprint density at radius 2 is 2.25 bits per heavy atom. The van der Waals surface area contributed by atoms with Crippen LogP contribution in [0.25, 0.3) is 0 Å². The van der Waals surface area contributed by atoms with Crippen molar-refractivity contribution in [3.8, 4) is 12.3 Å². The molecule has 12 heavy (non-hydrogen) atoms. The van der Waals surface area contributed by atoms with E-state index in [4.69, 9.17) is 12.2 Å². The van der Waals surface area contributed by atoms with E-state index in [0.29, 0.717) is 0 Å². The lowest BCUT2D eigenvalue weighted by molar-refractivity contribution is -0.125. The molecule has 0 radical (unpaired) electrons. The summed E-state index contributed by atoms with van der Waals surface area (Å²) < 4.78 is 0. The van der Waals surface area contributed by atoms with Crippen LogP contribution in [0.3, 0.4) is 0 Å². The van der Waals surface area contributed by atoms with Gasteiger partial charge >= 0.3 is 0 Å². The lowest BCUT2D eigenvalue weighted by atomic mass is 10.1. The van der Waals surface area contributed by atoms with Crippen LogP contribution < -0.4 is 11.1 Å². The first-order chi connectivity index (χ1) is 5.61. The summed E-state index contributed by atoms with van der Waals surface area (Å²) in [5.41, 5.74) is 5.04. The van der Waals surface area contributed by atoms with Gasteiger partial charge in [-0.05, 0) is 6.92 Å². The van der Waals surface area contributed by atoms with Gasteiger partial charge in [0.2, 0.25) is 5.91 Å². The molecule has 0 bridgehead atoms. The van der Waals surface area contributed by atoms with Crippen LogP contribution in [0.5, 0.6) is 0 Å². The van der Waals surface area contributed by atoms with Gasteiger partial charge in [0, 0.05) is 6.42 Å². The van der Waals surface area contributed by atoms with Crippen molar-refractivity contribution in [1.29, 1.82) is 0 Å². The Morgan fingerprint density at radius 1 is 1.67 bits per heavy atom. The van der Waals surface area contributed by atoms with Gasteiger partial charge in [-0.15, -0.1) is 12.3 Å². The van der Waals surface area contributed by atoms with Gasteiger partial charge in [-0.25, -0.2) is 0 Å². The van der Waals surface area contributed by atoms with Crippen molar-refractivity contribution in [1.82, 2.24) is 5.32 Å². The first-order valence-corrected chi connectivity index (χ1v) is 3.55. The zero-order valence-electron chi connectivity index (χ0n) is 6.96. The summed E-state index contributed by atoms with van der Waals surface area (Å²) in [4.78, 5) is 21.6. The average Bonchev–Trinajstić information content (AvgIpc) is 2.03. The number of Topliss-reactive ketones (excluding diaryl/α,β-unsaturated/α-hetero) is 1. The van der Waals surface area contributed by atoms with Gasteiger partial charge in [0.1, 0.15) is 0 Å². The van der Waals surface area contributed by atoms with E-state index < -0.39 is 6.04 Å². The third kappa shape index (κ3) is 3.74. The fourth-order valence-corrected chi connectivity index (χ4v) is 0.667. The summed E-state index contributed by atoms with van der Waals surface area (Å²) in [5, 5.41) is 2.41. The summed E-state index contributed by atoms with van der Waals surface area (Å²) in [6.45, 7) is 1.24. The molecule has 0 fully saturated rings. The number of hydrogen-bond donors (Lipinski definition) is 2. The second-order valence-electron chi connectivity index (χ2n) is 2.34. The Kier molecular flexibility index (Phi) is 4.73. The van der Waals surface area contributed by atoms with Crippen molar-refractivity contribution in [2.45, 2.75) is 19.4 Å². The van der Waals surface area contributed by atoms with Crippen molar-refractivity contribution >= 4 is 11.7 Å². The van der Waals surface area contributed by atoms with Crippen LogP contribution in [0, 0.1) is 12.3 Å². The molecule has 0 rings (SSSR count). The molecule has 0 saturated carbocycles. The Labute approximate surface area is 71.5 Å². The maximum atomic E-state index is 10.8. The third-order valence-corrected chi connectivity index (χ3v) is 1.33. The van der Waals surface area contributed by atoms with Crippen LogP contribution in [-0.4, -0.2) is 24.3 Å². The number of hydrogen-bond acceptors (Lipinski definition) is 3. The maximum Gasteiger partial charge on any atom is 0.234 e. The molecule has 0 aliphatic carbocycles. The summed E-state index contributed by atoms with van der Waals surface area (Å²) >= 11 is 0. The Hall–Kier alpha value is -1.34. The molecule has 3 N–H and O–H groups in total. The molecule has 0 aliphatic heterocycles. The van der Waals surface area contributed by atoms with E-state index in [1.54, 1.807) is 0 Å². The molecular weight excluding hydrogens is 156 g/mol. The van der Waals surface area contributed by atoms with Crippen LogP contribution in [0.4, 0.5) is 0 Å². The maximum absolute atomic E-state index is 10.8. The number of terminal acetylenes is 1. The number of ketones is 1. The lowest BCUT2D eigenvalue weighted by Gasteiger charge is -2.11. The van der Waals surface area contributed by atoms with E-state index in [2.05, 4.69) is 11.2 Å². The second kappa shape index (κ2) is 5.33. The first kappa shape index (κ1) is 10.7. The van der Waals surface area contributed by atoms with Gasteiger partial charge in [0.15, 0.2) is 5.78 Å². The molecule has 4 heteroatoms. The van der Waals surface area contributed by atoms with E-state index >= 15 is 0 Å². The predicted molar refractivity (Wildman–Crippen MR) is 45.1 cm³/mol. The summed E-state index contributed by atoms with van der Waals surface area (Å²) in [6.07, 6.45) is 5.21. The van der Waals surface area contributed by atoms with Gasteiger partial charge in [0.25, 0.3) is 0 Å². The van der Waals surface area contributed by atoms with Gasteiger partial charge < -0.3 is 11.1 Å². The lowest BCUT2D eigenvalue weighted by Crippen LogP contribution is -2.42. The van der Waals surface area contributed by atoms with Crippen LogP contribution >= 0.6 is 0 Å². The van der Waals surface area contributed by atoms with Gasteiger partial charge in [-0.2, -0.15) is 0 Å². The minimum Gasteiger partial charge on any atom is -0.344 e. The predicted octanol–water partition coefficient (Wildman–Crippen LogP) is -0.958. The average molecular weight is 168 g/mol. The SMILES string of the molecule is C#CC[C@H](NC(=O)CN)C(C)=O. The fourth-order valence-electron chi connectivity index (χ4n) is 0.667. The van der Waals surface area contributed by atoms with Gasteiger partial charge in [-0.1, -0.05) is 0 Å². The highest BCUT2D eigenvalue weighted by molar-refractivity contribution is 5.88. The Balaban J connectivity index is 4.06. The van der Waals surface area contributed by atoms with Gasteiger partial charge in [0.05, 0.1) is 12.6 Å². The monoisotopic (exact) mass is 168 g/mol. The number of carbonyl (C=O) groups is 2. The van der Waals surface area contributed by atoms with Crippen molar-refractivity contribution in [3.05, 3.63) is 0 Å². The minimum atomic E-state index is -0.592. The number of nitrogens with two attached hydrogens (primary N) is 1. The standard InChI is InChI=1S/C8H12N2O2/c1-3-4-7(6(2)11)10-8(12)5-9/h1,7H,4-5,9H2,2H3,(H,10,12)/t7-/m0/s1. The molecule has 0 aromatic heterocycles. The molecule has 4 nitrogen and oxygen atoms in total. The quantitative estimate of drug-likeness (QED) is 0.531. The smallest absolute Gasteiger partial charge is 0.234 e. The van der Waals surface area contributed by atoms with Crippen LogP contribution in [0.1, 0.15) is 13.3 Å². The second-order valence-corrected chi connectivity index (χ2v) is 2.34. The van der Waals surface area contributed by atoms with Gasteiger partial charge in [-0.3, -0.25) is 9.59 Å². The third-order valence-electron chi connectivity index (χ3n) is 1.33. The Bertz CT molecular complexity index is 218. The molecule has 0 unspecified atom stereocenters.